The Labute approximate surface area is 112 Å². The molecule has 5 nitrogen and oxygen atoms in total. The highest BCUT2D eigenvalue weighted by atomic mass is 16.2. The van der Waals surface area contributed by atoms with Gasteiger partial charge < -0.3 is 16.0 Å². The fourth-order valence-corrected chi connectivity index (χ4v) is 2.20. The second-order valence-electron chi connectivity index (χ2n) is 4.87. The van der Waals surface area contributed by atoms with E-state index >= 15 is 0 Å². The highest BCUT2D eigenvalue weighted by Gasteiger charge is 2.22. The zero-order chi connectivity index (χ0) is 13.8. The number of nitrogens with zero attached hydrogens (tertiary/aromatic N) is 1. The number of anilines is 1. The molecule has 1 atom stereocenters. The van der Waals surface area contributed by atoms with E-state index in [0.29, 0.717) is 18.7 Å². The summed E-state index contributed by atoms with van der Waals surface area (Å²) in [7, 11) is 0. The van der Waals surface area contributed by atoms with E-state index in [1.807, 2.05) is 31.2 Å². The molecule has 1 aromatic rings. The van der Waals surface area contributed by atoms with Crippen LogP contribution >= 0.6 is 0 Å². The molecule has 1 aliphatic rings. The monoisotopic (exact) mass is 261 g/mol. The van der Waals surface area contributed by atoms with E-state index in [4.69, 9.17) is 5.73 Å². The minimum Gasteiger partial charge on any atom is -0.399 e. The van der Waals surface area contributed by atoms with Gasteiger partial charge in [0.2, 0.25) is 11.8 Å². The number of likely N-dealkylation sites (tertiary alicyclic amines) is 1. The van der Waals surface area contributed by atoms with Gasteiger partial charge in [0.1, 0.15) is 0 Å². The van der Waals surface area contributed by atoms with Crippen LogP contribution in [0.5, 0.6) is 0 Å². The minimum atomic E-state index is -0.125. The van der Waals surface area contributed by atoms with Crippen LogP contribution in [0.4, 0.5) is 5.69 Å². The Kier molecular flexibility index (Phi) is 4.04. The third kappa shape index (κ3) is 3.47. The van der Waals surface area contributed by atoms with Crippen LogP contribution in [0.1, 0.15) is 31.4 Å². The van der Waals surface area contributed by atoms with E-state index in [1.165, 1.54) is 0 Å². The highest BCUT2D eigenvalue weighted by molar-refractivity contribution is 5.86. The summed E-state index contributed by atoms with van der Waals surface area (Å²) in [5, 5.41) is 2.89. The van der Waals surface area contributed by atoms with Gasteiger partial charge in [-0.25, -0.2) is 0 Å². The number of amides is 2. The number of carbonyl (C=O) groups is 2. The van der Waals surface area contributed by atoms with Gasteiger partial charge in [0.25, 0.3) is 0 Å². The Bertz CT molecular complexity index is 470. The van der Waals surface area contributed by atoms with Crippen molar-refractivity contribution in [3.63, 3.8) is 0 Å². The van der Waals surface area contributed by atoms with E-state index < -0.39 is 0 Å². The Morgan fingerprint density at radius 1 is 1.42 bits per heavy atom. The third-order valence-electron chi connectivity index (χ3n) is 3.32. The number of benzene rings is 1. The van der Waals surface area contributed by atoms with Crippen LogP contribution < -0.4 is 11.1 Å². The molecule has 0 aliphatic carbocycles. The number of nitrogen functional groups attached to an aromatic ring is 1. The molecule has 1 fully saturated rings. The summed E-state index contributed by atoms with van der Waals surface area (Å²) < 4.78 is 0. The number of nitrogens with one attached hydrogen (secondary N) is 1. The first kappa shape index (κ1) is 13.4. The molecule has 3 N–H and O–H groups in total. The number of rotatable bonds is 4. The maximum Gasteiger partial charge on any atom is 0.240 e. The summed E-state index contributed by atoms with van der Waals surface area (Å²) in [4.78, 5) is 24.9. The molecule has 1 heterocycles. The number of hydrogen-bond donors (Lipinski definition) is 2. The SMILES string of the molecule is CC(NC(=O)CN1CCCC1=O)c1ccc(N)cc1. The summed E-state index contributed by atoms with van der Waals surface area (Å²) in [5.74, 6) is -0.0603. The molecule has 0 aromatic heterocycles. The minimum absolute atomic E-state index is 0.0651. The van der Waals surface area contributed by atoms with Crippen LogP contribution in [0.2, 0.25) is 0 Å². The van der Waals surface area contributed by atoms with Crippen molar-refractivity contribution in [2.75, 3.05) is 18.8 Å². The molecule has 0 bridgehead atoms. The van der Waals surface area contributed by atoms with Crippen molar-refractivity contribution >= 4 is 17.5 Å². The molecule has 2 rings (SSSR count). The molecule has 2 amide bonds. The molecule has 0 radical (unpaired) electrons. The molecule has 0 saturated carbocycles. The lowest BCUT2D eigenvalue weighted by atomic mass is 10.1. The predicted molar refractivity (Wildman–Crippen MR) is 73.2 cm³/mol. The van der Waals surface area contributed by atoms with Gasteiger partial charge in [-0.1, -0.05) is 12.1 Å². The van der Waals surface area contributed by atoms with Crippen LogP contribution in [0.3, 0.4) is 0 Å². The maximum absolute atomic E-state index is 11.9. The summed E-state index contributed by atoms with van der Waals surface area (Å²) >= 11 is 0. The molecule has 5 heteroatoms. The van der Waals surface area contributed by atoms with Crippen molar-refractivity contribution in [3.05, 3.63) is 29.8 Å². The zero-order valence-corrected chi connectivity index (χ0v) is 11.1. The normalized spacial score (nSPS) is 16.5. The Morgan fingerprint density at radius 3 is 2.68 bits per heavy atom. The largest absolute Gasteiger partial charge is 0.399 e. The van der Waals surface area contributed by atoms with Gasteiger partial charge in [0.05, 0.1) is 12.6 Å². The van der Waals surface area contributed by atoms with Gasteiger partial charge in [0, 0.05) is 18.7 Å². The van der Waals surface area contributed by atoms with E-state index in [9.17, 15) is 9.59 Å². The highest BCUT2D eigenvalue weighted by Crippen LogP contribution is 2.14. The van der Waals surface area contributed by atoms with Gasteiger partial charge in [0.15, 0.2) is 0 Å². The Hall–Kier alpha value is -2.04. The van der Waals surface area contributed by atoms with E-state index in [0.717, 1.165) is 12.0 Å². The molecule has 1 aliphatic heterocycles. The van der Waals surface area contributed by atoms with Gasteiger partial charge in [-0.05, 0) is 31.0 Å². The number of carbonyl (C=O) groups excluding carboxylic acids is 2. The summed E-state index contributed by atoms with van der Waals surface area (Å²) in [6, 6.07) is 7.30. The van der Waals surface area contributed by atoms with Gasteiger partial charge in [-0.2, -0.15) is 0 Å². The lowest BCUT2D eigenvalue weighted by Crippen LogP contribution is -2.38. The van der Waals surface area contributed by atoms with Crippen molar-refractivity contribution in [2.45, 2.75) is 25.8 Å². The molecule has 1 saturated heterocycles. The van der Waals surface area contributed by atoms with E-state index in [2.05, 4.69) is 5.32 Å². The molecular formula is C14H19N3O2. The molecule has 1 aromatic carbocycles. The smallest absolute Gasteiger partial charge is 0.240 e. The van der Waals surface area contributed by atoms with Crippen molar-refractivity contribution in [1.82, 2.24) is 10.2 Å². The molecule has 19 heavy (non-hydrogen) atoms. The van der Waals surface area contributed by atoms with Crippen LogP contribution in [-0.4, -0.2) is 29.8 Å². The first-order valence-corrected chi connectivity index (χ1v) is 6.49. The van der Waals surface area contributed by atoms with Crippen molar-refractivity contribution in [1.29, 1.82) is 0 Å². The third-order valence-corrected chi connectivity index (χ3v) is 3.32. The van der Waals surface area contributed by atoms with Crippen molar-refractivity contribution < 1.29 is 9.59 Å². The van der Waals surface area contributed by atoms with Gasteiger partial charge in [-0.15, -0.1) is 0 Å². The average molecular weight is 261 g/mol. The summed E-state index contributed by atoms with van der Waals surface area (Å²) in [5.41, 5.74) is 7.32. The quantitative estimate of drug-likeness (QED) is 0.796. The lowest BCUT2D eigenvalue weighted by molar-refractivity contribution is -0.133. The fourth-order valence-electron chi connectivity index (χ4n) is 2.20. The fraction of sp³-hybridized carbons (Fsp3) is 0.429. The maximum atomic E-state index is 11.9. The zero-order valence-electron chi connectivity index (χ0n) is 11.1. The van der Waals surface area contributed by atoms with E-state index in [1.54, 1.807) is 4.90 Å². The van der Waals surface area contributed by atoms with Crippen LogP contribution in [-0.2, 0) is 9.59 Å². The number of nitrogens with two attached hydrogens (primary N) is 1. The average Bonchev–Trinajstić information content (AvgIpc) is 2.75. The second-order valence-corrected chi connectivity index (χ2v) is 4.87. The van der Waals surface area contributed by atoms with Crippen molar-refractivity contribution in [3.8, 4) is 0 Å². The predicted octanol–water partition coefficient (Wildman–Crippen LogP) is 1.07. The molecule has 0 spiro atoms. The first-order chi connectivity index (χ1) is 9.06. The Morgan fingerprint density at radius 2 is 2.11 bits per heavy atom. The summed E-state index contributed by atoms with van der Waals surface area (Å²) in [6.45, 7) is 2.75. The van der Waals surface area contributed by atoms with Gasteiger partial charge in [-0.3, -0.25) is 9.59 Å². The summed E-state index contributed by atoms with van der Waals surface area (Å²) in [6.07, 6.45) is 1.40. The van der Waals surface area contributed by atoms with Crippen LogP contribution in [0.25, 0.3) is 0 Å². The van der Waals surface area contributed by atoms with Crippen LogP contribution in [0, 0.1) is 0 Å². The molecule has 1 unspecified atom stereocenters. The van der Waals surface area contributed by atoms with Crippen LogP contribution in [0.15, 0.2) is 24.3 Å². The molecular weight excluding hydrogens is 242 g/mol. The lowest BCUT2D eigenvalue weighted by Gasteiger charge is -2.18. The Balaban J connectivity index is 1.87. The number of hydrogen-bond acceptors (Lipinski definition) is 3. The van der Waals surface area contributed by atoms with E-state index in [-0.39, 0.29) is 24.4 Å². The first-order valence-electron chi connectivity index (χ1n) is 6.49. The second kappa shape index (κ2) is 5.73. The van der Waals surface area contributed by atoms with Crippen molar-refractivity contribution in [2.24, 2.45) is 0 Å². The molecule has 102 valence electrons. The topological polar surface area (TPSA) is 75.4 Å². The standard InChI is InChI=1S/C14H19N3O2/c1-10(11-4-6-12(15)7-5-11)16-13(18)9-17-8-2-3-14(17)19/h4-7,10H,2-3,8-9,15H2,1H3,(H,16,18). The van der Waals surface area contributed by atoms with Gasteiger partial charge >= 0.3 is 0 Å².